The van der Waals surface area contributed by atoms with Gasteiger partial charge in [0.2, 0.25) is 0 Å². The van der Waals surface area contributed by atoms with Crippen LogP contribution >= 0.6 is 0 Å². The van der Waals surface area contributed by atoms with Crippen molar-refractivity contribution in [2.75, 3.05) is 0 Å². The Balaban J connectivity index is 1.33. The summed E-state index contributed by atoms with van der Waals surface area (Å²) in [6.45, 7) is 7.54. The smallest absolute Gasteiger partial charge is 0.163 e. The van der Waals surface area contributed by atoms with E-state index in [2.05, 4.69) is 116 Å². The molecular formula is C46H32N10. The van der Waals surface area contributed by atoms with E-state index in [1.165, 1.54) is 0 Å². The van der Waals surface area contributed by atoms with Crippen LogP contribution in [-0.4, -0.2) is 44.0 Å². The minimum atomic E-state index is 0.561. The number of nitriles is 1. The Hall–Kier alpha value is -7.64. The van der Waals surface area contributed by atoms with E-state index in [9.17, 15) is 5.26 Å². The summed E-state index contributed by atoms with van der Waals surface area (Å²) in [7, 11) is 0. The van der Waals surface area contributed by atoms with Crippen LogP contribution in [0.5, 0.6) is 0 Å². The molecule has 0 amide bonds. The van der Waals surface area contributed by atoms with Crippen LogP contribution in [-0.2, 0) is 0 Å². The van der Waals surface area contributed by atoms with Gasteiger partial charge in [0, 0.05) is 38.2 Å². The maximum atomic E-state index is 10.1. The van der Waals surface area contributed by atoms with Gasteiger partial charge in [-0.25, -0.2) is 29.9 Å². The predicted molar refractivity (Wildman–Crippen MR) is 220 cm³/mol. The molecule has 0 saturated heterocycles. The highest BCUT2D eigenvalue weighted by Crippen LogP contribution is 2.42. The molecular weight excluding hydrogens is 693 g/mol. The zero-order valence-electron chi connectivity index (χ0n) is 31.0. The highest BCUT2D eigenvalue weighted by atomic mass is 15.1. The van der Waals surface area contributed by atoms with Gasteiger partial charge in [-0.05, 0) is 69.7 Å². The van der Waals surface area contributed by atoms with Gasteiger partial charge in [0.05, 0.1) is 57.5 Å². The Morgan fingerprint density at radius 1 is 0.446 bits per heavy atom. The molecule has 10 nitrogen and oxygen atoms in total. The summed E-state index contributed by atoms with van der Waals surface area (Å²) < 4.78 is 4.55. The van der Waals surface area contributed by atoms with Gasteiger partial charge < -0.3 is 9.13 Å². The lowest BCUT2D eigenvalue weighted by atomic mass is 10.0. The van der Waals surface area contributed by atoms with Gasteiger partial charge in [0.25, 0.3) is 0 Å². The predicted octanol–water partition coefficient (Wildman–Crippen LogP) is 9.75. The Labute approximate surface area is 321 Å². The first kappa shape index (κ1) is 33.0. The molecule has 0 fully saturated rings. The van der Waals surface area contributed by atoms with Gasteiger partial charge >= 0.3 is 0 Å². The van der Waals surface area contributed by atoms with E-state index in [4.69, 9.17) is 24.9 Å². The molecule has 5 aromatic carbocycles. The number of rotatable bonds is 5. The van der Waals surface area contributed by atoms with E-state index >= 15 is 0 Å². The van der Waals surface area contributed by atoms with E-state index in [0.717, 1.165) is 77.2 Å². The molecule has 266 valence electrons. The van der Waals surface area contributed by atoms with E-state index in [1.54, 1.807) is 0 Å². The molecule has 0 aliphatic rings. The molecule has 5 aromatic heterocycles. The van der Waals surface area contributed by atoms with Crippen LogP contribution in [0.3, 0.4) is 0 Å². The monoisotopic (exact) mass is 724 g/mol. The minimum absolute atomic E-state index is 0.561. The maximum Gasteiger partial charge on any atom is 0.163 e. The largest absolute Gasteiger partial charge is 0.307 e. The zero-order chi connectivity index (χ0) is 38.1. The number of fused-ring (bicyclic) bond motifs is 6. The molecule has 0 atom stereocenters. The normalized spacial score (nSPS) is 11.6. The van der Waals surface area contributed by atoms with Crippen LogP contribution in [0, 0.1) is 39.0 Å². The van der Waals surface area contributed by atoms with Crippen molar-refractivity contribution < 1.29 is 0 Å². The van der Waals surface area contributed by atoms with Crippen molar-refractivity contribution in [2.24, 2.45) is 0 Å². The molecule has 0 radical (unpaired) electrons. The van der Waals surface area contributed by atoms with Crippen LogP contribution in [0.2, 0.25) is 0 Å². The summed E-state index contributed by atoms with van der Waals surface area (Å²) in [6, 6.07) is 39.7. The molecule has 10 rings (SSSR count). The quantitative estimate of drug-likeness (QED) is 0.172. The van der Waals surface area contributed by atoms with Crippen molar-refractivity contribution in [2.45, 2.75) is 27.7 Å². The average Bonchev–Trinajstić information content (AvgIpc) is 3.72. The molecule has 0 aliphatic carbocycles. The number of hydrogen-bond acceptors (Lipinski definition) is 8. The van der Waals surface area contributed by atoms with Crippen molar-refractivity contribution in [3.8, 4) is 51.3 Å². The topological polar surface area (TPSA) is 124 Å². The lowest BCUT2D eigenvalue weighted by molar-refractivity contribution is 0.928. The number of nitrogens with zero attached hydrogens (tertiary/aromatic N) is 10. The Bertz CT molecular complexity index is 3050. The van der Waals surface area contributed by atoms with Gasteiger partial charge in [0.1, 0.15) is 23.3 Å². The fourth-order valence-corrected chi connectivity index (χ4v) is 8.05. The third-order valence-electron chi connectivity index (χ3n) is 10.3. The standard InChI is InChI=1S/C46H32N10/c1-26-49-27(2)52-45(51-26)32-16-18-36-34-12-5-7-14-38(34)55(40(36)21-32)42-24-48-25-43(44(42)31-11-9-10-30(20-31)23-47)56-39-15-8-6-13-35(39)37-19-17-33(22-41(37)56)46-53-28(3)50-29(4)54-46/h5-22,24-25H,1-4H3. The first-order chi connectivity index (χ1) is 27.3. The fraction of sp³-hybridized carbons (Fsp3) is 0.0870. The van der Waals surface area contributed by atoms with Crippen molar-refractivity contribution >= 4 is 43.6 Å². The van der Waals surface area contributed by atoms with E-state index in [1.807, 2.05) is 58.3 Å². The van der Waals surface area contributed by atoms with Crippen molar-refractivity contribution in [1.29, 1.82) is 5.26 Å². The summed E-state index contributed by atoms with van der Waals surface area (Å²) in [4.78, 5) is 32.6. The van der Waals surface area contributed by atoms with Gasteiger partial charge in [-0.15, -0.1) is 0 Å². The summed E-state index contributed by atoms with van der Waals surface area (Å²) >= 11 is 0. The number of pyridine rings is 1. The van der Waals surface area contributed by atoms with Crippen LogP contribution in [0.15, 0.2) is 122 Å². The third-order valence-corrected chi connectivity index (χ3v) is 10.3. The van der Waals surface area contributed by atoms with Crippen LogP contribution in [0.4, 0.5) is 0 Å². The minimum Gasteiger partial charge on any atom is -0.307 e. The second-order valence-corrected chi connectivity index (χ2v) is 13.9. The molecule has 10 aromatic rings. The number of benzene rings is 5. The lowest BCUT2D eigenvalue weighted by Gasteiger charge is -2.20. The third kappa shape index (κ3) is 5.28. The number of hydrogen-bond donors (Lipinski definition) is 0. The molecule has 0 bridgehead atoms. The summed E-state index contributed by atoms with van der Waals surface area (Å²) in [6.07, 6.45) is 3.84. The molecule has 0 unspecified atom stereocenters. The Morgan fingerprint density at radius 2 is 0.911 bits per heavy atom. The van der Waals surface area contributed by atoms with E-state index in [-0.39, 0.29) is 0 Å². The summed E-state index contributed by atoms with van der Waals surface area (Å²) in [5, 5.41) is 14.5. The van der Waals surface area contributed by atoms with E-state index < -0.39 is 0 Å². The molecule has 0 aliphatic heterocycles. The summed E-state index contributed by atoms with van der Waals surface area (Å²) in [5.41, 5.74) is 9.81. The molecule has 10 heteroatoms. The summed E-state index contributed by atoms with van der Waals surface area (Å²) in [5.74, 6) is 3.90. The molecule has 0 N–H and O–H groups in total. The highest BCUT2D eigenvalue weighted by Gasteiger charge is 2.23. The van der Waals surface area contributed by atoms with Crippen LogP contribution in [0.25, 0.3) is 88.9 Å². The van der Waals surface area contributed by atoms with Crippen LogP contribution < -0.4 is 0 Å². The van der Waals surface area contributed by atoms with E-state index in [0.29, 0.717) is 40.5 Å². The maximum absolute atomic E-state index is 10.1. The zero-order valence-corrected chi connectivity index (χ0v) is 31.0. The van der Waals surface area contributed by atoms with Gasteiger partial charge in [-0.1, -0.05) is 72.8 Å². The van der Waals surface area contributed by atoms with Crippen molar-refractivity contribution in [1.82, 2.24) is 44.0 Å². The van der Waals surface area contributed by atoms with Gasteiger partial charge in [-0.2, -0.15) is 5.26 Å². The SMILES string of the molecule is Cc1nc(C)nc(-c2ccc3c4ccccc4n(-c4cncc(-n5c6ccccc6c6ccc(-c7nc(C)nc(C)n7)cc65)c4-c4cccc(C#N)c4)c3c2)n1. The first-order valence-electron chi connectivity index (χ1n) is 18.3. The second-order valence-electron chi connectivity index (χ2n) is 13.9. The fourth-order valence-electron chi connectivity index (χ4n) is 8.05. The first-order valence-corrected chi connectivity index (χ1v) is 18.3. The average molecular weight is 725 g/mol. The molecule has 0 spiro atoms. The molecule has 5 heterocycles. The molecule has 56 heavy (non-hydrogen) atoms. The van der Waals surface area contributed by atoms with Crippen molar-refractivity contribution in [3.05, 3.63) is 150 Å². The van der Waals surface area contributed by atoms with Gasteiger partial charge in [-0.3, -0.25) is 4.98 Å². The number of aromatic nitrogens is 9. The number of para-hydroxylation sites is 2. The lowest BCUT2D eigenvalue weighted by Crippen LogP contribution is -2.05. The Morgan fingerprint density at radius 3 is 1.39 bits per heavy atom. The van der Waals surface area contributed by atoms with Crippen molar-refractivity contribution in [3.63, 3.8) is 0 Å². The van der Waals surface area contributed by atoms with Crippen LogP contribution in [0.1, 0.15) is 28.9 Å². The van der Waals surface area contributed by atoms with Gasteiger partial charge in [0.15, 0.2) is 11.6 Å². The Kier molecular flexibility index (Phi) is 7.50. The number of aryl methyl sites for hydroxylation is 4. The second kappa shape index (κ2) is 12.7. The highest BCUT2D eigenvalue weighted by molar-refractivity contribution is 6.12. The molecule has 0 saturated carbocycles.